The molecule has 0 aliphatic heterocycles. The smallest absolute Gasteiger partial charge is 0.338 e. The van der Waals surface area contributed by atoms with Gasteiger partial charge in [0.1, 0.15) is 6.10 Å². The molecule has 1 aromatic rings. The van der Waals surface area contributed by atoms with Gasteiger partial charge in [-0.05, 0) is 49.1 Å². The molecule has 0 spiro atoms. The molecule has 5 unspecified atom stereocenters. The van der Waals surface area contributed by atoms with E-state index in [2.05, 4.69) is 12.2 Å². The fourth-order valence-corrected chi connectivity index (χ4v) is 4.55. The van der Waals surface area contributed by atoms with Crippen LogP contribution in [0.4, 0.5) is 5.69 Å². The third-order valence-corrected chi connectivity index (χ3v) is 5.52. The van der Waals surface area contributed by atoms with Crippen LogP contribution >= 0.6 is 0 Å². The lowest BCUT2D eigenvalue weighted by molar-refractivity contribution is -0.384. The molecular weight excluding hydrogens is 282 g/mol. The second kappa shape index (κ2) is 4.93. The van der Waals surface area contributed by atoms with Crippen molar-refractivity contribution >= 4 is 11.7 Å². The zero-order valence-electron chi connectivity index (χ0n) is 12.1. The molecule has 5 atom stereocenters. The van der Waals surface area contributed by atoms with E-state index in [-0.39, 0.29) is 17.8 Å². The Bertz CT molecular complexity index is 651. The number of nitrogens with zero attached hydrogens (tertiary/aromatic N) is 1. The van der Waals surface area contributed by atoms with Crippen LogP contribution in [0.1, 0.15) is 29.6 Å². The van der Waals surface area contributed by atoms with E-state index in [0.717, 1.165) is 18.8 Å². The van der Waals surface area contributed by atoms with E-state index in [1.54, 1.807) is 0 Å². The number of hydrogen-bond acceptors (Lipinski definition) is 4. The molecule has 0 N–H and O–H groups in total. The Morgan fingerprint density at radius 3 is 2.68 bits per heavy atom. The highest BCUT2D eigenvalue weighted by Gasteiger charge is 2.53. The van der Waals surface area contributed by atoms with Crippen molar-refractivity contribution in [3.05, 3.63) is 52.1 Å². The maximum absolute atomic E-state index is 12.2. The fourth-order valence-electron chi connectivity index (χ4n) is 4.55. The van der Waals surface area contributed by atoms with Crippen LogP contribution in [0.25, 0.3) is 0 Å². The van der Waals surface area contributed by atoms with Crippen molar-refractivity contribution in [3.8, 4) is 0 Å². The number of non-ortho nitro benzene ring substituents is 1. The Labute approximate surface area is 128 Å². The maximum Gasteiger partial charge on any atom is 0.338 e. The number of carbonyl (C=O) groups is 1. The predicted molar refractivity (Wildman–Crippen MR) is 79.3 cm³/mol. The highest BCUT2D eigenvalue weighted by Crippen LogP contribution is 2.57. The summed E-state index contributed by atoms with van der Waals surface area (Å²) in [4.78, 5) is 22.4. The van der Waals surface area contributed by atoms with Crippen LogP contribution in [0.5, 0.6) is 0 Å². The van der Waals surface area contributed by atoms with Crippen molar-refractivity contribution in [2.24, 2.45) is 23.7 Å². The molecule has 5 nitrogen and oxygen atoms in total. The van der Waals surface area contributed by atoms with Crippen LogP contribution in [0, 0.1) is 33.8 Å². The molecule has 0 radical (unpaired) electrons. The van der Waals surface area contributed by atoms with Crippen LogP contribution in [-0.2, 0) is 4.74 Å². The van der Waals surface area contributed by atoms with E-state index in [4.69, 9.17) is 4.74 Å². The van der Waals surface area contributed by atoms with Gasteiger partial charge in [0.15, 0.2) is 0 Å². The van der Waals surface area contributed by atoms with Gasteiger partial charge in [0.25, 0.3) is 5.69 Å². The molecular formula is C17H17NO4. The Hall–Kier alpha value is -2.17. The van der Waals surface area contributed by atoms with E-state index >= 15 is 0 Å². The molecule has 22 heavy (non-hydrogen) atoms. The Balaban J connectivity index is 1.44. The van der Waals surface area contributed by atoms with Crippen LogP contribution in [0.3, 0.4) is 0 Å². The number of esters is 1. The lowest BCUT2D eigenvalue weighted by Gasteiger charge is -2.30. The lowest BCUT2D eigenvalue weighted by Crippen LogP contribution is -2.32. The SMILES string of the molecule is O=C(OC1CC2CC1C1C=CCC21)c1ccc([N+](=O)[O-])cc1. The number of benzene rings is 1. The van der Waals surface area contributed by atoms with E-state index in [9.17, 15) is 14.9 Å². The number of allylic oxidation sites excluding steroid dienone is 2. The zero-order chi connectivity index (χ0) is 15.3. The number of nitro benzene ring substituents is 1. The summed E-state index contributed by atoms with van der Waals surface area (Å²) in [7, 11) is 0. The zero-order valence-corrected chi connectivity index (χ0v) is 12.1. The Morgan fingerprint density at radius 1 is 1.18 bits per heavy atom. The molecule has 0 aromatic heterocycles. The van der Waals surface area contributed by atoms with E-state index in [1.165, 1.54) is 30.7 Å². The highest BCUT2D eigenvalue weighted by atomic mass is 16.6. The van der Waals surface area contributed by atoms with Gasteiger partial charge in [0.05, 0.1) is 10.5 Å². The second-order valence-electron chi connectivity index (χ2n) is 6.55. The summed E-state index contributed by atoms with van der Waals surface area (Å²) in [6.07, 6.45) is 7.85. The molecule has 114 valence electrons. The molecule has 2 fully saturated rings. The molecule has 0 heterocycles. The molecule has 2 bridgehead atoms. The summed E-state index contributed by atoms with van der Waals surface area (Å²) in [6.45, 7) is 0. The predicted octanol–water partition coefficient (Wildman–Crippen LogP) is 3.35. The first kappa shape index (κ1) is 13.5. The summed E-state index contributed by atoms with van der Waals surface area (Å²) in [6, 6.07) is 5.61. The molecule has 4 rings (SSSR count). The van der Waals surface area contributed by atoms with Gasteiger partial charge in [-0.1, -0.05) is 12.2 Å². The van der Waals surface area contributed by atoms with Crippen LogP contribution in [0.2, 0.25) is 0 Å². The van der Waals surface area contributed by atoms with Crippen molar-refractivity contribution < 1.29 is 14.5 Å². The van der Waals surface area contributed by atoms with Gasteiger partial charge in [-0.25, -0.2) is 4.79 Å². The van der Waals surface area contributed by atoms with Gasteiger partial charge in [-0.2, -0.15) is 0 Å². The average Bonchev–Trinajstić information content (AvgIpc) is 3.19. The average molecular weight is 299 g/mol. The quantitative estimate of drug-likeness (QED) is 0.371. The second-order valence-corrected chi connectivity index (χ2v) is 6.55. The topological polar surface area (TPSA) is 69.4 Å². The van der Waals surface area contributed by atoms with Gasteiger partial charge < -0.3 is 4.74 Å². The van der Waals surface area contributed by atoms with Crippen molar-refractivity contribution in [2.75, 3.05) is 0 Å². The van der Waals surface area contributed by atoms with Crippen LogP contribution in [-0.4, -0.2) is 17.0 Å². The number of hydrogen-bond donors (Lipinski definition) is 0. The summed E-state index contributed by atoms with van der Waals surface area (Å²) in [5, 5.41) is 10.6. The number of fused-ring (bicyclic) bond motifs is 5. The number of rotatable bonds is 3. The minimum atomic E-state index is -0.475. The molecule has 1 aromatic carbocycles. The monoisotopic (exact) mass is 299 g/mol. The van der Waals surface area contributed by atoms with Crippen molar-refractivity contribution in [1.29, 1.82) is 0 Å². The maximum atomic E-state index is 12.2. The van der Waals surface area contributed by atoms with Gasteiger partial charge in [-0.15, -0.1) is 0 Å². The molecule has 3 aliphatic carbocycles. The summed E-state index contributed by atoms with van der Waals surface area (Å²) in [5.74, 6) is 2.11. The van der Waals surface area contributed by atoms with Crippen LogP contribution in [0.15, 0.2) is 36.4 Å². The highest BCUT2D eigenvalue weighted by molar-refractivity contribution is 5.89. The van der Waals surface area contributed by atoms with E-state index in [1.807, 2.05) is 0 Å². The van der Waals surface area contributed by atoms with Crippen molar-refractivity contribution in [2.45, 2.75) is 25.4 Å². The van der Waals surface area contributed by atoms with Gasteiger partial charge in [0.2, 0.25) is 0 Å². The molecule has 0 saturated heterocycles. The summed E-state index contributed by atoms with van der Waals surface area (Å²) >= 11 is 0. The fraction of sp³-hybridized carbons (Fsp3) is 0.471. The minimum absolute atomic E-state index is 0.00306. The largest absolute Gasteiger partial charge is 0.458 e. The Morgan fingerprint density at radius 2 is 1.95 bits per heavy atom. The number of ether oxygens (including phenoxy) is 1. The van der Waals surface area contributed by atoms with Crippen molar-refractivity contribution in [1.82, 2.24) is 0 Å². The van der Waals surface area contributed by atoms with E-state index < -0.39 is 4.92 Å². The van der Waals surface area contributed by atoms with Gasteiger partial charge >= 0.3 is 5.97 Å². The lowest BCUT2D eigenvalue weighted by atomic mass is 9.80. The number of nitro groups is 1. The first-order valence-electron chi connectivity index (χ1n) is 7.75. The van der Waals surface area contributed by atoms with E-state index in [0.29, 0.717) is 23.3 Å². The first-order valence-corrected chi connectivity index (χ1v) is 7.75. The third-order valence-electron chi connectivity index (χ3n) is 5.52. The minimum Gasteiger partial charge on any atom is -0.458 e. The molecule has 0 amide bonds. The van der Waals surface area contributed by atoms with Crippen molar-refractivity contribution in [3.63, 3.8) is 0 Å². The standard InChI is InChI=1S/C17H17NO4/c19-17(10-4-6-12(7-5-10)18(20)21)22-16-9-11-8-15(16)14-3-1-2-13(11)14/h1,3-7,11,13-16H,2,8-9H2. The molecule has 5 heteroatoms. The Kier molecular flexibility index (Phi) is 3.03. The van der Waals surface area contributed by atoms with Crippen LogP contribution < -0.4 is 0 Å². The summed E-state index contributed by atoms with van der Waals surface area (Å²) in [5.41, 5.74) is 0.363. The van der Waals surface area contributed by atoms with Gasteiger partial charge in [-0.3, -0.25) is 10.1 Å². The first-order chi connectivity index (χ1) is 10.6. The molecule has 2 saturated carbocycles. The molecule has 3 aliphatic rings. The van der Waals surface area contributed by atoms with Gasteiger partial charge in [0, 0.05) is 18.1 Å². The normalized spacial score (nSPS) is 34.6. The number of carbonyl (C=O) groups excluding carboxylic acids is 1. The third kappa shape index (κ3) is 2.03. The summed E-state index contributed by atoms with van der Waals surface area (Å²) < 4.78 is 5.70.